The van der Waals surface area contributed by atoms with E-state index in [1.807, 2.05) is 53.4 Å². The summed E-state index contributed by atoms with van der Waals surface area (Å²) in [4.78, 5) is 29.9. The summed E-state index contributed by atoms with van der Waals surface area (Å²) in [7, 11) is 2.11. The molecule has 0 bridgehead atoms. The summed E-state index contributed by atoms with van der Waals surface area (Å²) < 4.78 is 0. The van der Waals surface area contributed by atoms with E-state index in [1.54, 1.807) is 0 Å². The van der Waals surface area contributed by atoms with Crippen LogP contribution < -0.4 is 5.32 Å². The van der Waals surface area contributed by atoms with Gasteiger partial charge >= 0.3 is 0 Å². The molecule has 0 atom stereocenters. The van der Waals surface area contributed by atoms with Crippen LogP contribution in [-0.4, -0.2) is 54.8 Å². The van der Waals surface area contributed by atoms with Crippen LogP contribution in [0.15, 0.2) is 72.8 Å². The Morgan fingerprint density at radius 2 is 1.64 bits per heavy atom. The molecule has 1 N–H and O–H groups in total. The fourth-order valence-corrected chi connectivity index (χ4v) is 4.61. The molecule has 3 aromatic carbocycles. The second kappa shape index (κ2) is 11.1. The minimum atomic E-state index is -0.0105. The molecule has 1 fully saturated rings. The van der Waals surface area contributed by atoms with Crippen molar-refractivity contribution in [3.05, 3.63) is 83.9 Å². The minimum absolute atomic E-state index is 0.0105. The molecule has 0 radical (unpaired) electrons. The molecule has 0 saturated carbocycles. The maximum Gasteiger partial charge on any atom is 0.254 e. The lowest BCUT2D eigenvalue weighted by Crippen LogP contribution is -2.43. The highest BCUT2D eigenvalue weighted by molar-refractivity contribution is 6.07. The number of likely N-dealkylation sites (tertiary alicyclic amines) is 1. The Hall–Kier alpha value is -3.18. The molecule has 5 nitrogen and oxygen atoms in total. The number of piperidine rings is 1. The average Bonchev–Trinajstić information content (AvgIpc) is 2.86. The molecule has 172 valence electrons. The first kappa shape index (κ1) is 23.0. The number of rotatable bonds is 8. The summed E-state index contributed by atoms with van der Waals surface area (Å²) in [5.41, 5.74) is 2.05. The first-order valence-electron chi connectivity index (χ1n) is 11.9. The van der Waals surface area contributed by atoms with Crippen molar-refractivity contribution < 1.29 is 9.59 Å². The first-order chi connectivity index (χ1) is 16.1. The largest absolute Gasteiger partial charge is 0.356 e. The third-order valence-corrected chi connectivity index (χ3v) is 6.48. The standard InChI is InChI=1S/C28H33N3O2/c1-30(21-22-9-3-2-4-10-22)18-8-17-29-27(32)24-15-19-31(20-16-24)28(33)26-14-7-12-23-11-5-6-13-25(23)26/h2-7,9-14,24H,8,15-21H2,1H3,(H,29,32). The Labute approximate surface area is 196 Å². The monoisotopic (exact) mass is 443 g/mol. The van der Waals surface area contributed by atoms with Gasteiger partial charge in [-0.1, -0.05) is 66.7 Å². The number of fused-ring (bicyclic) bond motifs is 1. The third kappa shape index (κ3) is 5.99. The van der Waals surface area contributed by atoms with Crippen molar-refractivity contribution in [3.8, 4) is 0 Å². The van der Waals surface area contributed by atoms with Crippen molar-refractivity contribution in [1.29, 1.82) is 0 Å². The zero-order valence-corrected chi connectivity index (χ0v) is 19.4. The van der Waals surface area contributed by atoms with Crippen LogP contribution in [0.2, 0.25) is 0 Å². The maximum atomic E-state index is 13.1. The lowest BCUT2D eigenvalue weighted by atomic mass is 9.94. The summed E-state index contributed by atoms with van der Waals surface area (Å²) >= 11 is 0. The Morgan fingerprint density at radius 1 is 0.939 bits per heavy atom. The summed E-state index contributed by atoms with van der Waals surface area (Å²) in [5.74, 6) is 0.175. The van der Waals surface area contributed by atoms with Gasteiger partial charge in [0.05, 0.1) is 0 Å². The van der Waals surface area contributed by atoms with E-state index in [0.29, 0.717) is 19.6 Å². The minimum Gasteiger partial charge on any atom is -0.356 e. The summed E-state index contributed by atoms with van der Waals surface area (Å²) in [6, 6.07) is 24.3. The van der Waals surface area contributed by atoms with E-state index in [-0.39, 0.29) is 17.7 Å². The van der Waals surface area contributed by atoms with Crippen molar-refractivity contribution in [2.24, 2.45) is 5.92 Å². The molecule has 0 spiro atoms. The van der Waals surface area contributed by atoms with Crippen molar-refractivity contribution in [1.82, 2.24) is 15.1 Å². The SMILES string of the molecule is CN(CCCNC(=O)C1CCN(C(=O)c2cccc3ccccc23)CC1)Cc1ccccc1. The molecule has 4 rings (SSSR count). The lowest BCUT2D eigenvalue weighted by Gasteiger charge is -2.31. The topological polar surface area (TPSA) is 52.7 Å². The van der Waals surface area contributed by atoms with Crippen LogP contribution in [0.25, 0.3) is 10.8 Å². The van der Waals surface area contributed by atoms with Crippen molar-refractivity contribution >= 4 is 22.6 Å². The van der Waals surface area contributed by atoms with Crippen LogP contribution in [0, 0.1) is 5.92 Å². The van der Waals surface area contributed by atoms with E-state index < -0.39 is 0 Å². The molecule has 1 aliphatic rings. The van der Waals surface area contributed by atoms with Crippen molar-refractivity contribution in [2.75, 3.05) is 33.2 Å². The van der Waals surface area contributed by atoms with Gasteiger partial charge in [-0.15, -0.1) is 0 Å². The second-order valence-corrected chi connectivity index (χ2v) is 8.96. The predicted molar refractivity (Wildman–Crippen MR) is 133 cm³/mol. The summed E-state index contributed by atoms with van der Waals surface area (Å²) in [6.07, 6.45) is 2.36. The van der Waals surface area contributed by atoms with Crippen LogP contribution in [0.3, 0.4) is 0 Å². The van der Waals surface area contributed by atoms with Gasteiger partial charge < -0.3 is 15.1 Å². The molecule has 0 aromatic heterocycles. The molecule has 1 heterocycles. The third-order valence-electron chi connectivity index (χ3n) is 6.48. The van der Waals surface area contributed by atoms with Crippen molar-refractivity contribution in [2.45, 2.75) is 25.8 Å². The zero-order valence-electron chi connectivity index (χ0n) is 19.4. The number of hydrogen-bond acceptors (Lipinski definition) is 3. The van der Waals surface area contributed by atoms with Gasteiger partial charge in [0, 0.05) is 37.7 Å². The first-order valence-corrected chi connectivity index (χ1v) is 11.9. The summed E-state index contributed by atoms with van der Waals surface area (Å²) in [5, 5.41) is 5.17. The Bertz CT molecular complexity index is 1070. The molecule has 1 aliphatic heterocycles. The molecule has 3 aromatic rings. The van der Waals surface area contributed by atoms with E-state index in [4.69, 9.17) is 0 Å². The quantitative estimate of drug-likeness (QED) is 0.527. The number of carbonyl (C=O) groups is 2. The zero-order chi connectivity index (χ0) is 23.0. The van der Waals surface area contributed by atoms with E-state index >= 15 is 0 Å². The van der Waals surface area contributed by atoms with Gasteiger partial charge in [0.15, 0.2) is 0 Å². The average molecular weight is 444 g/mol. The molecule has 0 unspecified atom stereocenters. The fraction of sp³-hybridized carbons (Fsp3) is 0.357. The van der Waals surface area contributed by atoms with Crippen LogP contribution in [0.5, 0.6) is 0 Å². The predicted octanol–water partition coefficient (Wildman–Crippen LogP) is 4.33. The number of carbonyl (C=O) groups excluding carboxylic acids is 2. The highest BCUT2D eigenvalue weighted by Crippen LogP contribution is 2.23. The molecule has 5 heteroatoms. The molecule has 0 aliphatic carbocycles. The van der Waals surface area contributed by atoms with E-state index in [2.05, 4.69) is 41.5 Å². The molecular weight excluding hydrogens is 410 g/mol. The smallest absolute Gasteiger partial charge is 0.254 e. The van der Waals surface area contributed by atoms with E-state index in [9.17, 15) is 9.59 Å². The van der Waals surface area contributed by atoms with Gasteiger partial charge in [-0.2, -0.15) is 0 Å². The Balaban J connectivity index is 1.19. The lowest BCUT2D eigenvalue weighted by molar-refractivity contribution is -0.126. The van der Waals surface area contributed by atoms with Gasteiger partial charge in [-0.05, 0) is 55.3 Å². The Kier molecular flexibility index (Phi) is 7.74. The van der Waals surface area contributed by atoms with E-state index in [1.165, 1.54) is 5.56 Å². The molecular formula is C28H33N3O2. The van der Waals surface area contributed by atoms with Crippen LogP contribution in [0.4, 0.5) is 0 Å². The number of amides is 2. The van der Waals surface area contributed by atoms with Crippen molar-refractivity contribution in [3.63, 3.8) is 0 Å². The maximum absolute atomic E-state index is 13.1. The fourth-order valence-electron chi connectivity index (χ4n) is 4.61. The molecule has 2 amide bonds. The van der Waals surface area contributed by atoms with Gasteiger partial charge in [0.2, 0.25) is 5.91 Å². The van der Waals surface area contributed by atoms with Gasteiger partial charge in [-0.25, -0.2) is 0 Å². The van der Waals surface area contributed by atoms with Crippen LogP contribution in [0.1, 0.15) is 35.2 Å². The molecule has 33 heavy (non-hydrogen) atoms. The number of nitrogens with zero attached hydrogens (tertiary/aromatic N) is 2. The normalized spacial score (nSPS) is 14.5. The Morgan fingerprint density at radius 3 is 2.42 bits per heavy atom. The highest BCUT2D eigenvalue weighted by atomic mass is 16.2. The molecule has 1 saturated heterocycles. The number of nitrogens with one attached hydrogen (secondary N) is 1. The van der Waals surface area contributed by atoms with Gasteiger partial charge in [0.25, 0.3) is 5.91 Å². The van der Waals surface area contributed by atoms with E-state index in [0.717, 1.165) is 48.7 Å². The number of benzene rings is 3. The van der Waals surface area contributed by atoms with Crippen LogP contribution in [-0.2, 0) is 11.3 Å². The van der Waals surface area contributed by atoms with Gasteiger partial charge in [0.1, 0.15) is 0 Å². The highest BCUT2D eigenvalue weighted by Gasteiger charge is 2.28. The second-order valence-electron chi connectivity index (χ2n) is 8.96. The van der Waals surface area contributed by atoms with Gasteiger partial charge in [-0.3, -0.25) is 9.59 Å². The van der Waals surface area contributed by atoms with Crippen LogP contribution >= 0.6 is 0 Å². The summed E-state index contributed by atoms with van der Waals surface area (Å²) in [6.45, 7) is 3.79. The number of hydrogen-bond donors (Lipinski definition) is 1.